The Morgan fingerprint density at radius 1 is 1.47 bits per heavy atom. The van der Waals surface area contributed by atoms with Crippen molar-refractivity contribution >= 4 is 5.91 Å². The Bertz CT molecular complexity index is 458. The van der Waals surface area contributed by atoms with E-state index in [1.807, 2.05) is 25.1 Å². The molecule has 1 aromatic rings. The van der Waals surface area contributed by atoms with Gasteiger partial charge in [-0.05, 0) is 39.3 Å². The number of carbonyl (C=O) groups is 1. The largest absolute Gasteiger partial charge is 0.337 e. The highest BCUT2D eigenvalue weighted by Crippen LogP contribution is 2.22. The molecule has 0 atom stereocenters. The summed E-state index contributed by atoms with van der Waals surface area (Å²) in [4.78, 5) is 14.4. The monoisotopic (exact) mass is 264 g/mol. The Morgan fingerprint density at radius 2 is 2.11 bits per heavy atom. The Morgan fingerprint density at radius 3 is 2.58 bits per heavy atom. The van der Waals surface area contributed by atoms with Gasteiger partial charge in [-0.3, -0.25) is 9.48 Å². The number of rotatable bonds is 3. The summed E-state index contributed by atoms with van der Waals surface area (Å²) in [5, 5.41) is 7.70. The van der Waals surface area contributed by atoms with Gasteiger partial charge in [-0.25, -0.2) is 0 Å². The van der Waals surface area contributed by atoms with Crippen molar-refractivity contribution in [2.45, 2.75) is 38.6 Å². The zero-order chi connectivity index (χ0) is 14.0. The van der Waals surface area contributed by atoms with Crippen LogP contribution in [0.2, 0.25) is 0 Å². The molecule has 106 valence electrons. The van der Waals surface area contributed by atoms with E-state index in [1.54, 1.807) is 4.68 Å². The molecule has 0 saturated carbocycles. The molecular formula is C14H24N4O. The molecule has 0 bridgehead atoms. The minimum absolute atomic E-state index is 0.104. The van der Waals surface area contributed by atoms with Gasteiger partial charge in [0.05, 0.1) is 5.69 Å². The van der Waals surface area contributed by atoms with Gasteiger partial charge in [0, 0.05) is 25.7 Å². The number of aromatic nitrogens is 2. The first-order valence-corrected chi connectivity index (χ1v) is 7.00. The summed E-state index contributed by atoms with van der Waals surface area (Å²) in [7, 11) is 3.83. The van der Waals surface area contributed by atoms with Crippen LogP contribution in [0.4, 0.5) is 0 Å². The minimum atomic E-state index is 0.104. The maximum Gasteiger partial charge on any atom is 0.272 e. The molecular weight excluding hydrogens is 240 g/mol. The molecule has 0 aliphatic carbocycles. The third-order valence-corrected chi connectivity index (χ3v) is 4.27. The van der Waals surface area contributed by atoms with E-state index in [1.165, 1.54) is 0 Å². The lowest BCUT2D eigenvalue weighted by Gasteiger charge is -2.39. The van der Waals surface area contributed by atoms with Gasteiger partial charge < -0.3 is 10.2 Å². The van der Waals surface area contributed by atoms with Gasteiger partial charge in [-0.1, -0.05) is 6.92 Å². The fraction of sp³-hybridized carbons (Fsp3) is 0.714. The fourth-order valence-electron chi connectivity index (χ4n) is 2.51. The van der Waals surface area contributed by atoms with Gasteiger partial charge >= 0.3 is 0 Å². The third-order valence-electron chi connectivity index (χ3n) is 4.27. The first-order valence-electron chi connectivity index (χ1n) is 7.00. The molecule has 0 aromatic carbocycles. The van der Waals surface area contributed by atoms with Gasteiger partial charge in [-0.2, -0.15) is 5.10 Å². The van der Waals surface area contributed by atoms with Crippen LogP contribution in [0.1, 0.15) is 42.9 Å². The summed E-state index contributed by atoms with van der Waals surface area (Å²) in [5.41, 5.74) is 1.84. The molecule has 1 fully saturated rings. The van der Waals surface area contributed by atoms with E-state index in [2.05, 4.69) is 24.3 Å². The third kappa shape index (κ3) is 2.81. The quantitative estimate of drug-likeness (QED) is 0.892. The molecule has 1 aliphatic rings. The van der Waals surface area contributed by atoms with Crippen LogP contribution in [0, 0.1) is 0 Å². The normalized spacial score (nSPS) is 18.6. The molecule has 19 heavy (non-hydrogen) atoms. The van der Waals surface area contributed by atoms with Crippen LogP contribution < -0.4 is 5.32 Å². The molecule has 0 unspecified atom stereocenters. The zero-order valence-electron chi connectivity index (χ0n) is 12.4. The van der Waals surface area contributed by atoms with E-state index < -0.39 is 0 Å². The van der Waals surface area contributed by atoms with Crippen LogP contribution in [0.25, 0.3) is 0 Å². The second kappa shape index (κ2) is 5.33. The number of amides is 1. The van der Waals surface area contributed by atoms with Crippen molar-refractivity contribution in [3.05, 3.63) is 17.5 Å². The maximum absolute atomic E-state index is 12.5. The van der Waals surface area contributed by atoms with E-state index in [0.29, 0.717) is 5.69 Å². The smallest absolute Gasteiger partial charge is 0.272 e. The van der Waals surface area contributed by atoms with Crippen LogP contribution in [-0.4, -0.2) is 46.3 Å². The number of hydrogen-bond acceptors (Lipinski definition) is 3. The molecule has 1 N–H and O–H groups in total. The van der Waals surface area contributed by atoms with E-state index in [9.17, 15) is 4.79 Å². The minimum Gasteiger partial charge on any atom is -0.337 e. The molecule has 2 rings (SSSR count). The topological polar surface area (TPSA) is 50.2 Å². The van der Waals surface area contributed by atoms with Crippen molar-refractivity contribution in [3.63, 3.8) is 0 Å². The lowest BCUT2D eigenvalue weighted by molar-refractivity contribution is 0.0651. The number of hydrogen-bond donors (Lipinski definition) is 1. The lowest BCUT2D eigenvalue weighted by Crippen LogP contribution is -2.51. The second-order valence-corrected chi connectivity index (χ2v) is 5.60. The van der Waals surface area contributed by atoms with Crippen LogP contribution in [0.5, 0.6) is 0 Å². The van der Waals surface area contributed by atoms with Gasteiger partial charge in [-0.15, -0.1) is 0 Å². The Hall–Kier alpha value is -1.36. The summed E-state index contributed by atoms with van der Waals surface area (Å²) in [6.07, 6.45) is 2.85. The predicted octanol–water partition coefficient (Wildman–Crippen LogP) is 1.20. The average molecular weight is 264 g/mol. The molecule has 0 spiro atoms. The Labute approximate surface area is 115 Å². The number of piperidine rings is 1. The summed E-state index contributed by atoms with van der Waals surface area (Å²) in [6.45, 7) is 5.88. The summed E-state index contributed by atoms with van der Waals surface area (Å²) < 4.78 is 1.70. The molecule has 1 amide bonds. The van der Waals surface area contributed by atoms with Gasteiger partial charge in [0.15, 0.2) is 0 Å². The van der Waals surface area contributed by atoms with Crippen LogP contribution in [0.15, 0.2) is 6.07 Å². The molecule has 1 saturated heterocycles. The predicted molar refractivity (Wildman–Crippen MR) is 75.2 cm³/mol. The molecule has 2 heterocycles. The highest BCUT2D eigenvalue weighted by molar-refractivity contribution is 5.92. The van der Waals surface area contributed by atoms with E-state index >= 15 is 0 Å². The number of likely N-dealkylation sites (tertiary alicyclic amines) is 1. The number of nitrogens with one attached hydrogen (secondary N) is 1. The van der Waals surface area contributed by atoms with Crippen molar-refractivity contribution in [2.75, 3.05) is 20.1 Å². The average Bonchev–Trinajstić information content (AvgIpc) is 2.80. The van der Waals surface area contributed by atoms with Crippen LogP contribution >= 0.6 is 0 Å². The highest BCUT2D eigenvalue weighted by Gasteiger charge is 2.31. The SMILES string of the molecule is CCc1cc(C(=O)N2CCC(C)(NC)CC2)n(C)n1. The van der Waals surface area contributed by atoms with Crippen molar-refractivity contribution in [3.8, 4) is 0 Å². The van der Waals surface area contributed by atoms with Crippen molar-refractivity contribution in [1.82, 2.24) is 20.0 Å². The molecule has 0 radical (unpaired) electrons. The molecule has 5 nitrogen and oxygen atoms in total. The van der Waals surface area contributed by atoms with E-state index in [4.69, 9.17) is 0 Å². The lowest BCUT2D eigenvalue weighted by atomic mass is 9.90. The first-order chi connectivity index (χ1) is 8.99. The standard InChI is InChI=1S/C14H24N4O/c1-5-11-10-12(17(4)16-11)13(19)18-8-6-14(2,15-3)7-9-18/h10,15H,5-9H2,1-4H3. The van der Waals surface area contributed by atoms with Crippen molar-refractivity contribution in [2.24, 2.45) is 7.05 Å². The highest BCUT2D eigenvalue weighted by atomic mass is 16.2. The summed E-state index contributed by atoms with van der Waals surface area (Å²) in [5.74, 6) is 0.104. The Balaban J connectivity index is 2.07. The van der Waals surface area contributed by atoms with Gasteiger partial charge in [0.1, 0.15) is 5.69 Å². The molecule has 1 aliphatic heterocycles. The van der Waals surface area contributed by atoms with Crippen molar-refractivity contribution < 1.29 is 4.79 Å². The number of aryl methyl sites for hydroxylation is 2. The Kier molecular flexibility index (Phi) is 3.94. The first kappa shape index (κ1) is 14.1. The second-order valence-electron chi connectivity index (χ2n) is 5.60. The fourth-order valence-corrected chi connectivity index (χ4v) is 2.51. The number of carbonyl (C=O) groups excluding carboxylic acids is 1. The van der Waals surface area contributed by atoms with Crippen LogP contribution in [-0.2, 0) is 13.5 Å². The van der Waals surface area contributed by atoms with Crippen LogP contribution in [0.3, 0.4) is 0 Å². The van der Waals surface area contributed by atoms with E-state index in [0.717, 1.165) is 38.0 Å². The molecule has 5 heteroatoms. The maximum atomic E-state index is 12.5. The summed E-state index contributed by atoms with van der Waals surface area (Å²) >= 11 is 0. The summed E-state index contributed by atoms with van der Waals surface area (Å²) in [6, 6.07) is 1.91. The van der Waals surface area contributed by atoms with Gasteiger partial charge in [0.25, 0.3) is 5.91 Å². The van der Waals surface area contributed by atoms with Crippen molar-refractivity contribution in [1.29, 1.82) is 0 Å². The number of nitrogens with zero attached hydrogens (tertiary/aromatic N) is 3. The van der Waals surface area contributed by atoms with Gasteiger partial charge in [0.2, 0.25) is 0 Å². The zero-order valence-corrected chi connectivity index (χ0v) is 12.4. The van der Waals surface area contributed by atoms with E-state index in [-0.39, 0.29) is 11.4 Å². The molecule has 1 aromatic heterocycles.